The van der Waals surface area contributed by atoms with Crippen LogP contribution in [0, 0.1) is 0 Å². The Bertz CT molecular complexity index is 909. The first kappa shape index (κ1) is 17.7. The number of carbonyl (C=O) groups is 1. The summed E-state index contributed by atoms with van der Waals surface area (Å²) in [6, 6.07) is 7.35. The summed E-state index contributed by atoms with van der Waals surface area (Å²) in [6.07, 6.45) is 7.13. The van der Waals surface area contributed by atoms with Gasteiger partial charge in [-0.3, -0.25) is 9.48 Å². The summed E-state index contributed by atoms with van der Waals surface area (Å²) in [7, 11) is 0. The van der Waals surface area contributed by atoms with Gasteiger partial charge in [-0.1, -0.05) is 0 Å². The summed E-state index contributed by atoms with van der Waals surface area (Å²) in [5.41, 5.74) is 0. The van der Waals surface area contributed by atoms with Gasteiger partial charge in [0.25, 0.3) is 5.91 Å². The van der Waals surface area contributed by atoms with Gasteiger partial charge in [-0.2, -0.15) is 10.2 Å². The lowest BCUT2D eigenvalue weighted by atomic mass is 10.1. The highest BCUT2D eigenvalue weighted by atomic mass is 79.9. The summed E-state index contributed by atoms with van der Waals surface area (Å²) in [4.78, 5) is 14.7. The van der Waals surface area contributed by atoms with Crippen molar-refractivity contribution in [1.29, 1.82) is 0 Å². The maximum Gasteiger partial charge on any atom is 0.287 e. The smallest absolute Gasteiger partial charge is 0.287 e. The second-order valence-electron chi connectivity index (χ2n) is 6.46. The van der Waals surface area contributed by atoms with Crippen LogP contribution < -0.4 is 10.2 Å². The molecule has 0 aromatic carbocycles. The molecular weight excluding hydrogens is 412 g/mol. The van der Waals surface area contributed by atoms with Crippen molar-refractivity contribution in [2.24, 2.45) is 0 Å². The number of carbonyl (C=O) groups excluding carboxylic acids is 1. The number of anilines is 1. The summed E-state index contributed by atoms with van der Waals surface area (Å²) < 4.78 is 8.33. The van der Waals surface area contributed by atoms with E-state index in [1.54, 1.807) is 29.2 Å². The van der Waals surface area contributed by atoms with Gasteiger partial charge in [0.1, 0.15) is 5.76 Å². The lowest BCUT2D eigenvalue weighted by molar-refractivity contribution is 0.0903. The van der Waals surface area contributed by atoms with Crippen molar-refractivity contribution in [3.63, 3.8) is 0 Å². The van der Waals surface area contributed by atoms with Gasteiger partial charge in [0, 0.05) is 31.5 Å². The number of halogens is 1. The van der Waals surface area contributed by atoms with Crippen LogP contribution in [0.25, 0.3) is 0 Å². The van der Waals surface area contributed by atoms with E-state index in [1.807, 2.05) is 18.3 Å². The molecule has 0 spiro atoms. The van der Waals surface area contributed by atoms with Gasteiger partial charge < -0.3 is 14.6 Å². The van der Waals surface area contributed by atoms with Crippen LogP contribution in [0.4, 0.5) is 5.82 Å². The number of hydrogen-bond acceptors (Lipinski definition) is 6. The van der Waals surface area contributed by atoms with E-state index in [0.29, 0.717) is 24.6 Å². The third kappa shape index (κ3) is 4.36. The number of furan rings is 1. The van der Waals surface area contributed by atoms with E-state index in [-0.39, 0.29) is 11.9 Å². The van der Waals surface area contributed by atoms with Crippen LogP contribution in [0.5, 0.6) is 0 Å². The molecule has 1 aliphatic heterocycles. The molecule has 3 aromatic rings. The summed E-state index contributed by atoms with van der Waals surface area (Å²) in [5, 5.41) is 15.3. The van der Waals surface area contributed by atoms with E-state index in [2.05, 4.69) is 41.4 Å². The van der Waals surface area contributed by atoms with Crippen molar-refractivity contribution in [2.75, 3.05) is 18.0 Å². The standard InChI is InChI=1S/C18H19BrN6O2/c19-13-9-21-25(10-13)12-15-5-6-16(27-15)18(26)22-14-3-2-8-24(11-14)17-4-1-7-20-23-17/h1,4-7,9-10,14H,2-3,8,11-12H2,(H,22,26). The zero-order valence-electron chi connectivity index (χ0n) is 14.6. The van der Waals surface area contributed by atoms with Gasteiger partial charge in [0.15, 0.2) is 11.6 Å². The number of rotatable bonds is 5. The molecule has 1 fully saturated rings. The SMILES string of the molecule is O=C(NC1CCCN(c2cccnn2)C1)c1ccc(Cn2cc(Br)cn2)o1. The zero-order valence-corrected chi connectivity index (χ0v) is 16.2. The zero-order chi connectivity index (χ0) is 18.6. The molecule has 4 rings (SSSR count). The van der Waals surface area contributed by atoms with Gasteiger partial charge in [0.05, 0.1) is 17.2 Å². The van der Waals surface area contributed by atoms with E-state index in [1.165, 1.54) is 0 Å². The summed E-state index contributed by atoms with van der Waals surface area (Å²) in [5.74, 6) is 1.63. The molecule has 0 radical (unpaired) electrons. The monoisotopic (exact) mass is 430 g/mol. The normalized spacial score (nSPS) is 17.1. The first-order valence-corrected chi connectivity index (χ1v) is 9.57. The molecule has 0 bridgehead atoms. The van der Waals surface area contributed by atoms with Crippen molar-refractivity contribution < 1.29 is 9.21 Å². The predicted octanol–water partition coefficient (Wildman–Crippen LogP) is 2.48. The highest BCUT2D eigenvalue weighted by Gasteiger charge is 2.24. The molecule has 1 saturated heterocycles. The van der Waals surface area contributed by atoms with Crippen LogP contribution in [0.15, 0.2) is 51.7 Å². The van der Waals surface area contributed by atoms with Crippen LogP contribution in [0.3, 0.4) is 0 Å². The molecule has 0 aliphatic carbocycles. The van der Waals surface area contributed by atoms with Crippen molar-refractivity contribution in [3.05, 3.63) is 58.8 Å². The molecule has 3 aromatic heterocycles. The van der Waals surface area contributed by atoms with Gasteiger partial charge in [-0.15, -0.1) is 5.10 Å². The molecular formula is C18H19BrN6O2. The average molecular weight is 431 g/mol. The second kappa shape index (κ2) is 7.91. The van der Waals surface area contributed by atoms with Gasteiger partial charge in [-0.05, 0) is 53.0 Å². The Hall–Kier alpha value is -2.68. The van der Waals surface area contributed by atoms with Crippen molar-refractivity contribution in [3.8, 4) is 0 Å². The molecule has 8 nitrogen and oxygen atoms in total. The number of amides is 1. The lowest BCUT2D eigenvalue weighted by Crippen LogP contribution is -2.48. The number of piperidine rings is 1. The number of aromatic nitrogens is 4. The molecule has 1 N–H and O–H groups in total. The number of hydrogen-bond donors (Lipinski definition) is 1. The van der Waals surface area contributed by atoms with Crippen LogP contribution in [-0.4, -0.2) is 45.0 Å². The fraction of sp³-hybridized carbons (Fsp3) is 0.333. The van der Waals surface area contributed by atoms with Gasteiger partial charge >= 0.3 is 0 Å². The molecule has 1 unspecified atom stereocenters. The molecule has 0 saturated carbocycles. The molecule has 4 heterocycles. The minimum atomic E-state index is -0.200. The molecule has 140 valence electrons. The van der Waals surface area contributed by atoms with Crippen molar-refractivity contribution >= 4 is 27.7 Å². The lowest BCUT2D eigenvalue weighted by Gasteiger charge is -2.33. The van der Waals surface area contributed by atoms with Gasteiger partial charge in [0.2, 0.25) is 0 Å². The molecule has 1 amide bonds. The first-order chi connectivity index (χ1) is 13.2. The highest BCUT2D eigenvalue weighted by Crippen LogP contribution is 2.18. The molecule has 1 aliphatic rings. The Morgan fingerprint density at radius 3 is 3.07 bits per heavy atom. The summed E-state index contributed by atoms with van der Waals surface area (Å²) in [6.45, 7) is 2.09. The fourth-order valence-electron chi connectivity index (χ4n) is 3.19. The number of nitrogens with one attached hydrogen (secondary N) is 1. The minimum Gasteiger partial charge on any atom is -0.454 e. The molecule has 27 heavy (non-hydrogen) atoms. The maximum atomic E-state index is 12.5. The maximum absolute atomic E-state index is 12.5. The van der Waals surface area contributed by atoms with Crippen molar-refractivity contribution in [1.82, 2.24) is 25.3 Å². The van der Waals surface area contributed by atoms with Crippen LogP contribution >= 0.6 is 15.9 Å². The Kier molecular flexibility index (Phi) is 5.19. The largest absolute Gasteiger partial charge is 0.454 e. The Morgan fingerprint density at radius 2 is 2.30 bits per heavy atom. The first-order valence-electron chi connectivity index (χ1n) is 8.77. The van der Waals surface area contributed by atoms with E-state index in [9.17, 15) is 4.79 Å². The van der Waals surface area contributed by atoms with E-state index in [0.717, 1.165) is 29.7 Å². The topological polar surface area (TPSA) is 89.1 Å². The summed E-state index contributed by atoms with van der Waals surface area (Å²) >= 11 is 3.36. The second-order valence-corrected chi connectivity index (χ2v) is 7.38. The Balaban J connectivity index is 1.36. The highest BCUT2D eigenvalue weighted by molar-refractivity contribution is 9.10. The number of nitrogens with zero attached hydrogens (tertiary/aromatic N) is 5. The van der Waals surface area contributed by atoms with Crippen LogP contribution in [0.1, 0.15) is 29.2 Å². The Morgan fingerprint density at radius 1 is 1.37 bits per heavy atom. The third-order valence-corrected chi connectivity index (χ3v) is 4.85. The van der Waals surface area contributed by atoms with Crippen LogP contribution in [0.2, 0.25) is 0 Å². The van der Waals surface area contributed by atoms with Gasteiger partial charge in [-0.25, -0.2) is 0 Å². The fourth-order valence-corrected chi connectivity index (χ4v) is 3.52. The molecule has 1 atom stereocenters. The van der Waals surface area contributed by atoms with Crippen molar-refractivity contribution in [2.45, 2.75) is 25.4 Å². The Labute approximate surface area is 164 Å². The quantitative estimate of drug-likeness (QED) is 0.668. The van der Waals surface area contributed by atoms with E-state index >= 15 is 0 Å². The minimum absolute atomic E-state index is 0.0453. The molecule has 9 heteroatoms. The van der Waals surface area contributed by atoms with Crippen LogP contribution in [-0.2, 0) is 6.54 Å². The predicted molar refractivity (Wildman–Crippen MR) is 102 cm³/mol. The third-order valence-electron chi connectivity index (χ3n) is 4.44. The average Bonchev–Trinajstić information content (AvgIpc) is 3.32. The van der Waals surface area contributed by atoms with E-state index < -0.39 is 0 Å². The van der Waals surface area contributed by atoms with E-state index in [4.69, 9.17) is 4.42 Å².